The van der Waals surface area contributed by atoms with Gasteiger partial charge in [0.1, 0.15) is 0 Å². The molecule has 0 spiro atoms. The fourth-order valence-electron chi connectivity index (χ4n) is 2.17. The number of carbonyl (C=O) groups is 1. The summed E-state index contributed by atoms with van der Waals surface area (Å²) in [6.07, 6.45) is 3.64. The summed E-state index contributed by atoms with van der Waals surface area (Å²) >= 11 is 0. The molecule has 1 aromatic rings. The van der Waals surface area contributed by atoms with Crippen LogP contribution >= 0.6 is 0 Å². The summed E-state index contributed by atoms with van der Waals surface area (Å²) in [4.78, 5) is 14.1. The molecule has 5 heteroatoms. The average molecular weight is 237 g/mol. The maximum atomic E-state index is 12.2. The van der Waals surface area contributed by atoms with Gasteiger partial charge >= 0.3 is 0 Å². The molecule has 0 aliphatic carbocycles. The van der Waals surface area contributed by atoms with E-state index in [0.29, 0.717) is 18.7 Å². The maximum absolute atomic E-state index is 12.2. The second kappa shape index (κ2) is 4.87. The Hall–Kier alpha value is -1.36. The Morgan fingerprint density at radius 1 is 1.47 bits per heavy atom. The summed E-state index contributed by atoms with van der Waals surface area (Å²) in [5, 5.41) is 4.13. The van der Waals surface area contributed by atoms with Crippen LogP contribution in [0.3, 0.4) is 0 Å². The normalized spacial score (nSPS) is 25.0. The Bertz CT molecular complexity index is 392. The molecule has 5 nitrogen and oxygen atoms in total. The zero-order chi connectivity index (χ0) is 12.4. The lowest BCUT2D eigenvalue weighted by atomic mass is 10.2. The molecule has 1 saturated heterocycles. The van der Waals surface area contributed by atoms with E-state index in [1.165, 1.54) is 0 Å². The molecule has 0 bridgehead atoms. The number of hydrogen-bond acceptors (Lipinski definition) is 3. The Labute approximate surface area is 101 Å². The SMILES string of the molecule is CCn1cc(C(=O)N2C[C@@H](C)O[C@H](C)C2)cn1. The van der Waals surface area contributed by atoms with Gasteiger partial charge in [-0.05, 0) is 20.8 Å². The zero-order valence-corrected chi connectivity index (χ0v) is 10.6. The number of nitrogens with zero attached hydrogens (tertiary/aromatic N) is 3. The van der Waals surface area contributed by atoms with Crippen molar-refractivity contribution in [3.05, 3.63) is 18.0 Å². The third-order valence-corrected chi connectivity index (χ3v) is 2.91. The minimum absolute atomic E-state index is 0.0479. The first kappa shape index (κ1) is 12.1. The molecule has 1 fully saturated rings. The van der Waals surface area contributed by atoms with Crippen molar-refractivity contribution in [3.63, 3.8) is 0 Å². The van der Waals surface area contributed by atoms with Crippen molar-refractivity contribution in [2.45, 2.75) is 39.5 Å². The van der Waals surface area contributed by atoms with Gasteiger partial charge < -0.3 is 9.64 Å². The summed E-state index contributed by atoms with van der Waals surface area (Å²) in [6.45, 7) is 8.07. The van der Waals surface area contributed by atoms with Gasteiger partial charge in [0.2, 0.25) is 0 Å². The van der Waals surface area contributed by atoms with E-state index < -0.39 is 0 Å². The van der Waals surface area contributed by atoms with Gasteiger partial charge in [-0.25, -0.2) is 0 Å². The molecule has 1 aliphatic rings. The molecule has 0 radical (unpaired) electrons. The Balaban J connectivity index is 2.08. The van der Waals surface area contributed by atoms with E-state index in [2.05, 4.69) is 5.10 Å². The Kier molecular flexibility index (Phi) is 3.47. The highest BCUT2D eigenvalue weighted by molar-refractivity contribution is 5.93. The number of carbonyl (C=O) groups excluding carboxylic acids is 1. The highest BCUT2D eigenvalue weighted by Gasteiger charge is 2.27. The van der Waals surface area contributed by atoms with E-state index in [0.717, 1.165) is 6.54 Å². The number of hydrogen-bond donors (Lipinski definition) is 0. The molecule has 2 rings (SSSR count). The van der Waals surface area contributed by atoms with E-state index in [-0.39, 0.29) is 18.1 Å². The molecule has 1 amide bonds. The first-order valence-electron chi connectivity index (χ1n) is 6.07. The van der Waals surface area contributed by atoms with Crippen LogP contribution in [-0.2, 0) is 11.3 Å². The summed E-state index contributed by atoms with van der Waals surface area (Å²) in [5.41, 5.74) is 0.660. The van der Waals surface area contributed by atoms with Gasteiger partial charge in [0, 0.05) is 25.8 Å². The van der Waals surface area contributed by atoms with Gasteiger partial charge in [-0.1, -0.05) is 0 Å². The van der Waals surface area contributed by atoms with E-state index in [4.69, 9.17) is 4.74 Å². The van der Waals surface area contributed by atoms with Crippen LogP contribution in [0, 0.1) is 0 Å². The summed E-state index contributed by atoms with van der Waals surface area (Å²) in [7, 11) is 0. The number of ether oxygens (including phenoxy) is 1. The Morgan fingerprint density at radius 3 is 2.65 bits per heavy atom. The monoisotopic (exact) mass is 237 g/mol. The van der Waals surface area contributed by atoms with Crippen molar-refractivity contribution in [3.8, 4) is 0 Å². The second-order valence-corrected chi connectivity index (χ2v) is 4.55. The lowest BCUT2D eigenvalue weighted by molar-refractivity contribution is -0.0586. The lowest BCUT2D eigenvalue weighted by Gasteiger charge is -2.35. The van der Waals surface area contributed by atoms with Crippen molar-refractivity contribution in [1.82, 2.24) is 14.7 Å². The van der Waals surface area contributed by atoms with Crippen LogP contribution in [0.5, 0.6) is 0 Å². The van der Waals surface area contributed by atoms with Crippen LogP contribution < -0.4 is 0 Å². The molecule has 1 aromatic heterocycles. The van der Waals surface area contributed by atoms with Crippen molar-refractivity contribution in [2.24, 2.45) is 0 Å². The molecule has 0 N–H and O–H groups in total. The van der Waals surface area contributed by atoms with Crippen LogP contribution in [0.15, 0.2) is 12.4 Å². The average Bonchev–Trinajstić information content (AvgIpc) is 2.75. The molecular formula is C12H19N3O2. The lowest BCUT2D eigenvalue weighted by Crippen LogP contribution is -2.48. The van der Waals surface area contributed by atoms with E-state index in [9.17, 15) is 4.79 Å². The number of aromatic nitrogens is 2. The van der Waals surface area contributed by atoms with E-state index >= 15 is 0 Å². The predicted octanol–water partition coefficient (Wildman–Crippen LogP) is 1.15. The predicted molar refractivity (Wildman–Crippen MR) is 63.8 cm³/mol. The fourth-order valence-corrected chi connectivity index (χ4v) is 2.17. The highest BCUT2D eigenvalue weighted by atomic mass is 16.5. The topological polar surface area (TPSA) is 47.4 Å². The quantitative estimate of drug-likeness (QED) is 0.775. The number of morpholine rings is 1. The third kappa shape index (κ3) is 2.66. The second-order valence-electron chi connectivity index (χ2n) is 4.55. The minimum atomic E-state index is 0.0479. The van der Waals surface area contributed by atoms with Crippen molar-refractivity contribution < 1.29 is 9.53 Å². The van der Waals surface area contributed by atoms with Gasteiger partial charge in [0.15, 0.2) is 0 Å². The van der Waals surface area contributed by atoms with Crippen LogP contribution in [0.2, 0.25) is 0 Å². The molecule has 0 saturated carbocycles. The van der Waals surface area contributed by atoms with Crippen LogP contribution in [0.1, 0.15) is 31.1 Å². The standard InChI is InChI=1S/C12H19N3O2/c1-4-15-8-11(5-13-15)12(16)14-6-9(2)17-10(3)7-14/h5,8-10H,4,6-7H2,1-3H3/t9-,10-/m1/s1. The van der Waals surface area contributed by atoms with E-state index in [1.54, 1.807) is 17.1 Å². The molecular weight excluding hydrogens is 218 g/mol. The fraction of sp³-hybridized carbons (Fsp3) is 0.667. The van der Waals surface area contributed by atoms with Gasteiger partial charge in [0.05, 0.1) is 24.0 Å². The van der Waals surface area contributed by atoms with Gasteiger partial charge in [-0.2, -0.15) is 5.10 Å². The molecule has 0 aromatic carbocycles. The minimum Gasteiger partial charge on any atom is -0.372 e. The summed E-state index contributed by atoms with van der Waals surface area (Å²) < 4.78 is 7.38. The van der Waals surface area contributed by atoms with E-state index in [1.807, 2.05) is 25.7 Å². The Morgan fingerprint density at radius 2 is 2.12 bits per heavy atom. The largest absolute Gasteiger partial charge is 0.372 e. The smallest absolute Gasteiger partial charge is 0.257 e. The maximum Gasteiger partial charge on any atom is 0.257 e. The molecule has 1 aliphatic heterocycles. The molecule has 17 heavy (non-hydrogen) atoms. The summed E-state index contributed by atoms with van der Waals surface area (Å²) in [6, 6.07) is 0. The molecule has 2 atom stereocenters. The van der Waals surface area contributed by atoms with Crippen molar-refractivity contribution in [2.75, 3.05) is 13.1 Å². The van der Waals surface area contributed by atoms with Crippen LogP contribution in [-0.4, -0.2) is 45.9 Å². The van der Waals surface area contributed by atoms with Crippen molar-refractivity contribution >= 4 is 5.91 Å². The molecule has 0 unspecified atom stereocenters. The third-order valence-electron chi connectivity index (χ3n) is 2.91. The number of aryl methyl sites for hydroxylation is 1. The van der Waals surface area contributed by atoms with Crippen LogP contribution in [0.4, 0.5) is 0 Å². The first-order chi connectivity index (χ1) is 8.10. The highest BCUT2D eigenvalue weighted by Crippen LogP contribution is 2.13. The summed E-state index contributed by atoms with van der Waals surface area (Å²) in [5.74, 6) is 0.0479. The zero-order valence-electron chi connectivity index (χ0n) is 10.6. The number of amides is 1. The van der Waals surface area contributed by atoms with Gasteiger partial charge in [-0.3, -0.25) is 9.48 Å². The van der Waals surface area contributed by atoms with Gasteiger partial charge in [0.25, 0.3) is 5.91 Å². The first-order valence-corrected chi connectivity index (χ1v) is 6.07. The molecule has 94 valence electrons. The van der Waals surface area contributed by atoms with Crippen LogP contribution in [0.25, 0.3) is 0 Å². The van der Waals surface area contributed by atoms with Crippen molar-refractivity contribution in [1.29, 1.82) is 0 Å². The number of rotatable bonds is 2. The van der Waals surface area contributed by atoms with Gasteiger partial charge in [-0.15, -0.1) is 0 Å². The molecule has 2 heterocycles.